The Morgan fingerprint density at radius 1 is 1.10 bits per heavy atom. The molecule has 9 N–H and O–H groups in total. The number of carbonyl (C=O) groups is 1. The molecule has 11 nitrogen and oxygen atoms in total. The van der Waals surface area contributed by atoms with E-state index in [4.69, 9.17) is 31.0 Å². The molecular weight excluding hydrogens is 316 g/mol. The Kier molecular flexibility index (Phi) is 6.95. The lowest BCUT2D eigenvalue weighted by Gasteiger charge is -2.37. The van der Waals surface area contributed by atoms with Crippen LogP contribution in [-0.2, 0) is 13.9 Å². The van der Waals surface area contributed by atoms with Crippen LogP contribution < -0.4 is 11.5 Å². The molecule has 1 atom stereocenters. The van der Waals surface area contributed by atoms with Gasteiger partial charge in [-0.25, -0.2) is 4.90 Å². The zero-order chi connectivity index (χ0) is 16.2. The van der Waals surface area contributed by atoms with Crippen LogP contribution in [0, 0.1) is 0 Å². The van der Waals surface area contributed by atoms with E-state index in [0.29, 0.717) is 0 Å². The smallest absolute Gasteiger partial charge is 0.339 e. The van der Waals surface area contributed by atoms with Gasteiger partial charge in [-0.2, -0.15) is 0 Å². The van der Waals surface area contributed by atoms with Gasteiger partial charge in [-0.3, -0.25) is 13.9 Å². The highest BCUT2D eigenvalue weighted by atomic mass is 31.2. The number of carbonyl (C=O) groups excluding carboxylic acids is 1. The second-order valence-corrected chi connectivity index (χ2v) is 7.45. The number of hydrogen-bond donors (Lipinski definition) is 7. The average molecular weight is 335 g/mol. The number of primary amides is 1. The minimum atomic E-state index is -4.79. The van der Waals surface area contributed by atoms with E-state index in [-0.39, 0.29) is 17.9 Å². The number of hydrogen-bond acceptors (Lipinski definition) is 6. The van der Waals surface area contributed by atoms with Crippen molar-refractivity contribution in [2.75, 3.05) is 19.1 Å². The largest absolute Gasteiger partial charge is 0.367 e. The molecule has 0 aliphatic heterocycles. The van der Waals surface area contributed by atoms with E-state index in [0.717, 1.165) is 0 Å². The summed E-state index contributed by atoms with van der Waals surface area (Å²) in [6.07, 6.45) is -2.83. The van der Waals surface area contributed by atoms with E-state index in [2.05, 4.69) is 0 Å². The molecule has 0 saturated carbocycles. The summed E-state index contributed by atoms with van der Waals surface area (Å²) in [7, 11) is -9.59. The van der Waals surface area contributed by atoms with Crippen molar-refractivity contribution in [2.24, 2.45) is 11.5 Å². The number of amides is 1. The summed E-state index contributed by atoms with van der Waals surface area (Å²) in [5.74, 6) is -1.38. The molecule has 120 valence electrons. The van der Waals surface area contributed by atoms with Gasteiger partial charge in [0.1, 0.15) is 12.6 Å². The van der Waals surface area contributed by atoms with Crippen LogP contribution in [0.15, 0.2) is 0 Å². The summed E-state index contributed by atoms with van der Waals surface area (Å²) < 4.78 is 22.0. The lowest BCUT2D eigenvalue weighted by atomic mass is 10.1. The summed E-state index contributed by atoms with van der Waals surface area (Å²) in [5, 5.41) is 10.1. The summed E-state index contributed by atoms with van der Waals surface area (Å²) >= 11 is 0. The van der Waals surface area contributed by atoms with E-state index < -0.39 is 45.8 Å². The Morgan fingerprint density at radius 2 is 1.50 bits per heavy atom. The van der Waals surface area contributed by atoms with Gasteiger partial charge >= 0.3 is 15.2 Å². The Balaban J connectivity index is 5.46. The molecule has 0 fully saturated rings. The van der Waals surface area contributed by atoms with E-state index in [1.54, 1.807) is 0 Å². The first-order chi connectivity index (χ1) is 8.82. The second kappa shape index (κ2) is 7.08. The predicted molar refractivity (Wildman–Crippen MR) is 68.1 cm³/mol. The van der Waals surface area contributed by atoms with Crippen LogP contribution in [-0.4, -0.2) is 60.3 Å². The molecule has 0 aliphatic carbocycles. The standard InChI is InChI=1S/C7H19N3O8P2/c8-3-1-2-7(12,6(9)11)10(4-19(13,14)15)5-20(16,17)18/h12H,1-5,8H2,(H2,9,11)(H2,13,14,15)(H2,16,17,18)/t7-/m1/s1. The topological polar surface area (TPSA) is 208 Å². The van der Waals surface area contributed by atoms with Crippen LogP contribution in [0.2, 0.25) is 0 Å². The van der Waals surface area contributed by atoms with Crippen molar-refractivity contribution in [3.63, 3.8) is 0 Å². The summed E-state index contributed by atoms with van der Waals surface area (Å²) in [6, 6.07) is 0. The molecule has 0 aromatic rings. The minimum Gasteiger partial charge on any atom is -0.367 e. The van der Waals surface area contributed by atoms with E-state index in [1.807, 2.05) is 0 Å². The first kappa shape index (κ1) is 19.7. The van der Waals surface area contributed by atoms with Gasteiger partial charge in [0.2, 0.25) is 0 Å². The molecule has 0 bridgehead atoms. The Morgan fingerprint density at radius 3 is 1.75 bits per heavy atom. The average Bonchev–Trinajstić information content (AvgIpc) is 2.20. The molecular formula is C7H19N3O8P2. The van der Waals surface area contributed by atoms with Crippen LogP contribution in [0.4, 0.5) is 0 Å². The maximum atomic E-state index is 11.3. The summed E-state index contributed by atoms with van der Waals surface area (Å²) in [6.45, 7) is 0.0370. The van der Waals surface area contributed by atoms with Crippen molar-refractivity contribution in [1.82, 2.24) is 4.90 Å². The number of aliphatic hydroxyl groups is 1. The zero-order valence-corrected chi connectivity index (χ0v) is 12.3. The molecule has 0 radical (unpaired) electrons. The molecule has 1 amide bonds. The third-order valence-corrected chi connectivity index (χ3v) is 3.78. The third-order valence-electron chi connectivity index (χ3n) is 2.36. The van der Waals surface area contributed by atoms with Gasteiger partial charge in [-0.15, -0.1) is 0 Å². The molecule has 13 heteroatoms. The minimum absolute atomic E-state index is 0.0370. The van der Waals surface area contributed by atoms with Crippen LogP contribution in [0.25, 0.3) is 0 Å². The molecule has 20 heavy (non-hydrogen) atoms. The van der Waals surface area contributed by atoms with Crippen molar-refractivity contribution >= 4 is 21.1 Å². The lowest BCUT2D eigenvalue weighted by Crippen LogP contribution is -2.58. The second-order valence-electron chi connectivity index (χ2n) is 4.23. The third kappa shape index (κ3) is 6.89. The highest BCUT2D eigenvalue weighted by Crippen LogP contribution is 2.43. The van der Waals surface area contributed by atoms with Gasteiger partial charge in [0, 0.05) is 6.42 Å². The Labute approximate surface area is 114 Å². The number of nitrogens with two attached hydrogens (primary N) is 2. The van der Waals surface area contributed by atoms with Crippen molar-refractivity contribution in [3.8, 4) is 0 Å². The Bertz CT molecular complexity index is 410. The quantitative estimate of drug-likeness (QED) is 0.173. The van der Waals surface area contributed by atoms with Gasteiger partial charge in [0.15, 0.2) is 5.72 Å². The molecule has 0 heterocycles. The van der Waals surface area contributed by atoms with Gasteiger partial charge in [0.05, 0.1) is 0 Å². The van der Waals surface area contributed by atoms with Crippen molar-refractivity contribution < 1.29 is 38.6 Å². The van der Waals surface area contributed by atoms with E-state index >= 15 is 0 Å². The first-order valence-electron chi connectivity index (χ1n) is 5.38. The maximum absolute atomic E-state index is 11.3. The van der Waals surface area contributed by atoms with Crippen LogP contribution in [0.1, 0.15) is 12.8 Å². The highest BCUT2D eigenvalue weighted by molar-refractivity contribution is 7.52. The molecule has 0 aromatic carbocycles. The predicted octanol–water partition coefficient (Wildman–Crippen LogP) is -2.53. The van der Waals surface area contributed by atoms with Gasteiger partial charge < -0.3 is 36.1 Å². The van der Waals surface area contributed by atoms with Crippen molar-refractivity contribution in [3.05, 3.63) is 0 Å². The normalized spacial score (nSPS) is 16.1. The monoisotopic (exact) mass is 335 g/mol. The first-order valence-corrected chi connectivity index (χ1v) is 8.98. The highest BCUT2D eigenvalue weighted by Gasteiger charge is 2.45. The fourth-order valence-corrected chi connectivity index (χ4v) is 3.22. The SMILES string of the molecule is NCCC[C@@](O)(C(N)=O)N(CP(=O)(O)O)CP(=O)(O)O. The van der Waals surface area contributed by atoms with Gasteiger partial charge in [-0.05, 0) is 13.0 Å². The molecule has 0 spiro atoms. The maximum Gasteiger partial charge on any atom is 0.339 e. The van der Waals surface area contributed by atoms with Gasteiger partial charge in [0.25, 0.3) is 5.91 Å². The Hall–Kier alpha value is -0.350. The molecule has 0 aliphatic rings. The van der Waals surface area contributed by atoms with Crippen LogP contribution in [0.3, 0.4) is 0 Å². The van der Waals surface area contributed by atoms with Crippen LogP contribution in [0.5, 0.6) is 0 Å². The van der Waals surface area contributed by atoms with Crippen molar-refractivity contribution in [2.45, 2.75) is 18.6 Å². The molecule has 0 aromatic heterocycles. The number of rotatable bonds is 9. The van der Waals surface area contributed by atoms with Crippen molar-refractivity contribution in [1.29, 1.82) is 0 Å². The van der Waals surface area contributed by atoms with E-state index in [9.17, 15) is 19.0 Å². The molecule has 0 saturated heterocycles. The summed E-state index contributed by atoms with van der Waals surface area (Å²) in [4.78, 5) is 47.1. The fraction of sp³-hybridized carbons (Fsp3) is 0.857. The fourth-order valence-electron chi connectivity index (χ4n) is 1.51. The zero-order valence-electron chi connectivity index (χ0n) is 10.5. The molecule has 0 unspecified atom stereocenters. The van der Waals surface area contributed by atoms with E-state index in [1.165, 1.54) is 0 Å². The van der Waals surface area contributed by atoms with Gasteiger partial charge in [-0.1, -0.05) is 0 Å². The number of nitrogens with zero attached hydrogens (tertiary/aromatic N) is 1. The molecule has 0 rings (SSSR count). The lowest BCUT2D eigenvalue weighted by molar-refractivity contribution is -0.158. The summed E-state index contributed by atoms with van der Waals surface area (Å²) in [5.41, 5.74) is 7.57. The van der Waals surface area contributed by atoms with Crippen LogP contribution >= 0.6 is 15.2 Å².